The first-order valence-electron chi connectivity index (χ1n) is 9.39. The second kappa shape index (κ2) is 10.2. The summed E-state index contributed by atoms with van der Waals surface area (Å²) in [6, 6.07) is 0. The van der Waals surface area contributed by atoms with E-state index in [1.54, 1.807) is 0 Å². The first-order valence-corrected chi connectivity index (χ1v) is 9.39. The van der Waals surface area contributed by atoms with E-state index in [4.69, 9.17) is 5.11 Å². The van der Waals surface area contributed by atoms with Gasteiger partial charge in [0.05, 0.1) is 0 Å². The molecule has 0 saturated heterocycles. The number of aliphatic hydroxyl groups excluding tert-OH is 1. The Kier molecular flexibility index (Phi) is 9.75. The maximum absolute atomic E-state index is 13.8. The molecule has 230 valence electrons. The van der Waals surface area contributed by atoms with E-state index in [1.807, 2.05) is 0 Å². The quantitative estimate of drug-likeness (QED) is 0.163. The van der Waals surface area contributed by atoms with Crippen LogP contribution >= 0.6 is 0 Å². The molecule has 0 fully saturated rings. The van der Waals surface area contributed by atoms with Crippen molar-refractivity contribution in [1.29, 1.82) is 0 Å². The van der Waals surface area contributed by atoms with E-state index in [0.717, 1.165) is 0 Å². The minimum Gasteiger partial charge on any atom is -0.396 e. The van der Waals surface area contributed by atoms with Gasteiger partial charge in [-0.1, -0.05) is 12.8 Å². The van der Waals surface area contributed by atoms with Gasteiger partial charge < -0.3 is 5.11 Å². The van der Waals surface area contributed by atoms with Gasteiger partial charge in [-0.15, -0.1) is 0 Å². The summed E-state index contributed by atoms with van der Waals surface area (Å²) in [6.07, 6.45) is -22.1. The summed E-state index contributed by atoms with van der Waals surface area (Å²) in [4.78, 5) is 0. The zero-order chi connectivity index (χ0) is 31.2. The van der Waals surface area contributed by atoms with Gasteiger partial charge in [0.15, 0.2) is 0 Å². The monoisotopic (exact) mass is 620 g/mol. The minimum atomic E-state index is -9.38. The normalized spacial score (nSPS) is 17.5. The first-order chi connectivity index (χ1) is 16.3. The molecule has 0 aromatic carbocycles. The summed E-state index contributed by atoms with van der Waals surface area (Å²) >= 11 is 0. The van der Waals surface area contributed by atoms with E-state index in [9.17, 15) is 92.2 Å². The number of hydrogen-bond acceptors (Lipinski definition) is 1. The first kappa shape index (κ1) is 36.5. The highest BCUT2D eigenvalue weighted by Crippen LogP contribution is 2.67. The molecule has 0 aromatic heterocycles. The van der Waals surface area contributed by atoms with Crippen LogP contribution in [0.5, 0.6) is 0 Å². The van der Waals surface area contributed by atoms with Crippen LogP contribution in [-0.4, -0.2) is 71.2 Å². The topological polar surface area (TPSA) is 20.2 Å². The number of unbranched alkanes of at least 4 members (excludes halogenated alkanes) is 3. The number of rotatable bonds is 13. The van der Waals surface area contributed by atoms with Crippen LogP contribution in [0, 0.1) is 0 Å². The van der Waals surface area contributed by atoms with Crippen LogP contribution < -0.4 is 0 Å². The molecule has 0 aliphatic carbocycles. The third kappa shape index (κ3) is 5.05. The van der Waals surface area contributed by atoms with Crippen LogP contribution in [0.15, 0.2) is 0 Å². The lowest BCUT2D eigenvalue weighted by Crippen LogP contribution is -2.79. The SMILES string of the molecule is OCCCCCCC(F)(F)C(F)(F)C(F)(F)C(F)(F)C(F)(F)C(F)(F)C(F)(C(F)(F)F)C(F)(F)C(F)(F)F. The lowest BCUT2D eigenvalue weighted by atomic mass is 9.80. The van der Waals surface area contributed by atoms with Crippen LogP contribution in [0.1, 0.15) is 32.1 Å². The summed E-state index contributed by atoms with van der Waals surface area (Å²) in [7, 11) is 0. The van der Waals surface area contributed by atoms with Crippen molar-refractivity contribution < 1.29 is 97.3 Å². The van der Waals surface area contributed by atoms with Crippen molar-refractivity contribution in [3.63, 3.8) is 0 Å². The van der Waals surface area contributed by atoms with Gasteiger partial charge in [-0.2, -0.15) is 87.8 Å². The third-order valence-electron chi connectivity index (χ3n) is 5.05. The molecule has 1 unspecified atom stereocenters. The molecule has 1 N–H and O–H groups in total. The second-order valence-electron chi connectivity index (χ2n) is 7.69. The molecule has 1 atom stereocenters. The lowest BCUT2D eigenvalue weighted by molar-refractivity contribution is -0.479. The molecule has 0 aliphatic heterocycles. The fourth-order valence-corrected chi connectivity index (χ4v) is 2.76. The number of alkyl halides is 21. The van der Waals surface area contributed by atoms with E-state index in [2.05, 4.69) is 0 Å². The van der Waals surface area contributed by atoms with Crippen LogP contribution in [0.4, 0.5) is 92.2 Å². The van der Waals surface area contributed by atoms with Crippen molar-refractivity contribution in [2.24, 2.45) is 0 Å². The highest BCUT2D eigenvalue weighted by Gasteiger charge is 3.00. The van der Waals surface area contributed by atoms with Crippen LogP contribution in [0.25, 0.3) is 0 Å². The maximum Gasteiger partial charge on any atom is 0.457 e. The second-order valence-corrected chi connectivity index (χ2v) is 7.69. The van der Waals surface area contributed by atoms with Gasteiger partial charge in [0.2, 0.25) is 0 Å². The molecule has 0 spiro atoms. The number of hydrogen-bond donors (Lipinski definition) is 1. The van der Waals surface area contributed by atoms with E-state index < -0.39 is 85.3 Å². The molecule has 1 nitrogen and oxygen atoms in total. The van der Waals surface area contributed by atoms with Gasteiger partial charge in [0, 0.05) is 13.0 Å². The molecule has 0 rings (SSSR count). The van der Waals surface area contributed by atoms with Crippen LogP contribution in [-0.2, 0) is 0 Å². The molecular weight excluding hydrogens is 607 g/mol. The Hall–Kier alpha value is -1.51. The lowest BCUT2D eigenvalue weighted by Gasteiger charge is -2.46. The van der Waals surface area contributed by atoms with Gasteiger partial charge >= 0.3 is 59.5 Å². The summed E-state index contributed by atoms with van der Waals surface area (Å²) in [5.41, 5.74) is -9.24. The highest BCUT2D eigenvalue weighted by atomic mass is 19.4. The molecular formula is C16H13F21O. The molecule has 0 aliphatic rings. The summed E-state index contributed by atoms with van der Waals surface area (Å²) < 4.78 is 279. The summed E-state index contributed by atoms with van der Waals surface area (Å²) in [5, 5.41) is 8.41. The van der Waals surface area contributed by atoms with Gasteiger partial charge in [0.1, 0.15) is 0 Å². The summed E-state index contributed by atoms with van der Waals surface area (Å²) in [5.74, 6) is -59.7. The van der Waals surface area contributed by atoms with Gasteiger partial charge in [-0.25, -0.2) is 4.39 Å². The zero-order valence-electron chi connectivity index (χ0n) is 17.6. The molecule has 0 aromatic rings. The van der Waals surface area contributed by atoms with Crippen molar-refractivity contribution in [2.75, 3.05) is 6.61 Å². The van der Waals surface area contributed by atoms with Crippen molar-refractivity contribution in [1.82, 2.24) is 0 Å². The van der Waals surface area contributed by atoms with Gasteiger partial charge in [-0.05, 0) is 12.8 Å². The molecule has 0 amide bonds. The Bertz CT molecular complexity index is 794. The smallest absolute Gasteiger partial charge is 0.396 e. The Balaban J connectivity index is 6.95. The Labute approximate surface area is 196 Å². The predicted molar refractivity (Wildman–Crippen MR) is 80.7 cm³/mol. The molecule has 0 radical (unpaired) electrons. The molecule has 0 saturated carbocycles. The third-order valence-corrected chi connectivity index (χ3v) is 5.05. The van der Waals surface area contributed by atoms with Crippen molar-refractivity contribution in [3.05, 3.63) is 0 Å². The Morgan fingerprint density at radius 2 is 0.684 bits per heavy atom. The van der Waals surface area contributed by atoms with E-state index in [-0.39, 0.29) is 12.8 Å². The van der Waals surface area contributed by atoms with E-state index >= 15 is 0 Å². The molecule has 0 bridgehead atoms. The zero-order valence-corrected chi connectivity index (χ0v) is 17.6. The average Bonchev–Trinajstić information content (AvgIpc) is 2.70. The van der Waals surface area contributed by atoms with Crippen molar-refractivity contribution in [3.8, 4) is 0 Å². The van der Waals surface area contributed by atoms with Crippen molar-refractivity contribution in [2.45, 2.75) is 91.6 Å². The van der Waals surface area contributed by atoms with Crippen molar-refractivity contribution >= 4 is 0 Å². The number of aliphatic hydroxyl groups is 1. The molecule has 22 heteroatoms. The predicted octanol–water partition coefficient (Wildman–Crippen LogP) is 8.21. The minimum absolute atomic E-state index is 0.218. The Morgan fingerprint density at radius 3 is 1.03 bits per heavy atom. The standard InChI is InChI=1S/C16H13F21O/c17-7(18,5-3-1-2-4-6-38)9(20,21)12(26,27)14(30,31)13(28,29)10(22,23)8(19,15(32,33)34)11(24,25)16(35,36)37/h38H,1-6H2. The van der Waals surface area contributed by atoms with Crippen LogP contribution in [0.2, 0.25) is 0 Å². The van der Waals surface area contributed by atoms with Gasteiger partial charge in [0.25, 0.3) is 0 Å². The molecule has 38 heavy (non-hydrogen) atoms. The maximum atomic E-state index is 13.8. The fourth-order valence-electron chi connectivity index (χ4n) is 2.76. The number of halogens is 21. The van der Waals surface area contributed by atoms with E-state index in [0.29, 0.717) is 0 Å². The molecule has 0 heterocycles. The van der Waals surface area contributed by atoms with E-state index in [1.165, 1.54) is 0 Å². The summed E-state index contributed by atoms with van der Waals surface area (Å²) in [6.45, 7) is -0.623. The fraction of sp³-hybridized carbons (Fsp3) is 1.00. The van der Waals surface area contributed by atoms with Crippen LogP contribution in [0.3, 0.4) is 0 Å². The average molecular weight is 620 g/mol. The largest absolute Gasteiger partial charge is 0.457 e. The van der Waals surface area contributed by atoms with Gasteiger partial charge in [-0.3, -0.25) is 0 Å². The highest BCUT2D eigenvalue weighted by molar-refractivity contribution is 5.21. The Morgan fingerprint density at radius 1 is 0.342 bits per heavy atom.